The second-order valence-electron chi connectivity index (χ2n) is 6.90. The summed E-state index contributed by atoms with van der Waals surface area (Å²) >= 11 is 0. The molecule has 2 aromatic carbocycles. The van der Waals surface area contributed by atoms with Gasteiger partial charge in [-0.05, 0) is 49.6 Å². The number of fused-ring (bicyclic) bond motifs is 1. The van der Waals surface area contributed by atoms with Gasteiger partial charge in [0.2, 0.25) is 0 Å². The Bertz CT molecular complexity index is 1090. The molecule has 0 aliphatic carbocycles. The van der Waals surface area contributed by atoms with E-state index in [1.807, 2.05) is 50.2 Å². The third-order valence-corrected chi connectivity index (χ3v) is 6.30. The summed E-state index contributed by atoms with van der Waals surface area (Å²) in [6.07, 6.45) is 0. The third-order valence-electron chi connectivity index (χ3n) is 5.10. The van der Waals surface area contributed by atoms with Crippen molar-refractivity contribution in [1.82, 2.24) is 9.78 Å². The highest BCUT2D eigenvalue weighted by atomic mass is 32.2. The zero-order valence-electron chi connectivity index (χ0n) is 15.6. The van der Waals surface area contributed by atoms with Crippen LogP contribution in [0.15, 0.2) is 42.5 Å². The van der Waals surface area contributed by atoms with Crippen molar-refractivity contribution >= 4 is 22.5 Å². The van der Waals surface area contributed by atoms with Gasteiger partial charge < -0.3 is 5.32 Å². The molecular formula is C21H21N3O2S. The first-order chi connectivity index (χ1) is 13.0. The summed E-state index contributed by atoms with van der Waals surface area (Å²) in [5.74, 6) is 1.29. The van der Waals surface area contributed by atoms with Crippen LogP contribution in [0.3, 0.4) is 0 Å². The van der Waals surface area contributed by atoms with E-state index in [1.54, 1.807) is 4.68 Å². The maximum absolute atomic E-state index is 12.9. The summed E-state index contributed by atoms with van der Waals surface area (Å²) in [4.78, 5) is 12.9. The van der Waals surface area contributed by atoms with Crippen LogP contribution < -0.4 is 5.32 Å². The number of nitrogens with one attached hydrogen (secondary N) is 1. The van der Waals surface area contributed by atoms with Crippen LogP contribution in [0.4, 0.5) is 5.82 Å². The van der Waals surface area contributed by atoms with Gasteiger partial charge in [-0.15, -0.1) is 0 Å². The molecule has 0 radical (unpaired) electrons. The van der Waals surface area contributed by atoms with E-state index in [9.17, 15) is 9.00 Å². The van der Waals surface area contributed by atoms with Crippen molar-refractivity contribution in [2.24, 2.45) is 0 Å². The average molecular weight is 379 g/mol. The van der Waals surface area contributed by atoms with Crippen LogP contribution in [-0.4, -0.2) is 19.9 Å². The van der Waals surface area contributed by atoms with E-state index in [2.05, 4.69) is 18.3 Å². The maximum atomic E-state index is 12.9. The molecule has 3 aromatic rings. The number of carbonyl (C=O) groups excluding carboxylic acids is 1. The zero-order valence-corrected chi connectivity index (χ0v) is 16.4. The molecule has 1 amide bonds. The van der Waals surface area contributed by atoms with E-state index in [0.29, 0.717) is 22.9 Å². The topological polar surface area (TPSA) is 64.0 Å². The number of hydrogen-bond donors (Lipinski definition) is 1. The van der Waals surface area contributed by atoms with Crippen LogP contribution in [0, 0.1) is 20.8 Å². The third kappa shape index (κ3) is 3.10. The highest BCUT2D eigenvalue weighted by molar-refractivity contribution is 7.83. The number of aromatic nitrogens is 2. The van der Waals surface area contributed by atoms with Crippen molar-refractivity contribution in [3.05, 3.63) is 76.0 Å². The number of aryl methyl sites for hydroxylation is 2. The largest absolute Gasteiger partial charge is 0.306 e. The SMILES string of the molecule is Cc1ccccc1C(=O)Nc1c2c(nn1-c1cccc(C)c1C)C[S@@](=O)C2. The molecule has 0 saturated carbocycles. The van der Waals surface area contributed by atoms with E-state index in [0.717, 1.165) is 33.6 Å². The number of amides is 1. The van der Waals surface area contributed by atoms with Crippen molar-refractivity contribution in [3.8, 4) is 5.69 Å². The predicted octanol–water partition coefficient (Wildman–Crippen LogP) is 3.81. The molecule has 5 nitrogen and oxygen atoms in total. The summed E-state index contributed by atoms with van der Waals surface area (Å²) in [6.45, 7) is 6.01. The van der Waals surface area contributed by atoms with Gasteiger partial charge in [0.25, 0.3) is 5.91 Å². The minimum absolute atomic E-state index is 0.181. The Morgan fingerprint density at radius 3 is 2.56 bits per heavy atom. The van der Waals surface area contributed by atoms with E-state index in [1.165, 1.54) is 0 Å². The van der Waals surface area contributed by atoms with Gasteiger partial charge in [0, 0.05) is 21.9 Å². The second-order valence-corrected chi connectivity index (χ2v) is 8.36. The Morgan fingerprint density at radius 1 is 1.04 bits per heavy atom. The smallest absolute Gasteiger partial charge is 0.257 e. The monoisotopic (exact) mass is 379 g/mol. The molecule has 1 aliphatic rings. The molecule has 1 atom stereocenters. The Balaban J connectivity index is 1.82. The van der Waals surface area contributed by atoms with E-state index < -0.39 is 10.8 Å². The summed E-state index contributed by atoms with van der Waals surface area (Å²) in [5.41, 5.74) is 6.39. The first kappa shape index (κ1) is 17.7. The molecule has 1 aliphatic heterocycles. The summed E-state index contributed by atoms with van der Waals surface area (Å²) in [7, 11) is -0.964. The lowest BCUT2D eigenvalue weighted by Gasteiger charge is -2.14. The van der Waals surface area contributed by atoms with Crippen LogP contribution in [0.1, 0.15) is 38.3 Å². The molecule has 6 heteroatoms. The summed E-state index contributed by atoms with van der Waals surface area (Å²) in [5, 5.41) is 7.73. The fraction of sp³-hybridized carbons (Fsp3) is 0.238. The van der Waals surface area contributed by atoms with Crippen LogP contribution in [-0.2, 0) is 22.3 Å². The fourth-order valence-electron chi connectivity index (χ4n) is 3.40. The molecule has 0 spiro atoms. The van der Waals surface area contributed by atoms with Gasteiger partial charge in [-0.25, -0.2) is 4.68 Å². The van der Waals surface area contributed by atoms with Crippen LogP contribution in [0.5, 0.6) is 0 Å². The molecule has 4 rings (SSSR count). The molecule has 0 saturated heterocycles. The number of rotatable bonds is 3. The predicted molar refractivity (Wildman–Crippen MR) is 108 cm³/mol. The van der Waals surface area contributed by atoms with Gasteiger partial charge in [0.15, 0.2) is 0 Å². The number of nitrogens with zero attached hydrogens (tertiary/aromatic N) is 2. The van der Waals surface area contributed by atoms with Crippen LogP contribution in [0.2, 0.25) is 0 Å². The first-order valence-electron chi connectivity index (χ1n) is 8.85. The lowest BCUT2D eigenvalue weighted by Crippen LogP contribution is -2.18. The van der Waals surface area contributed by atoms with E-state index in [4.69, 9.17) is 5.10 Å². The zero-order chi connectivity index (χ0) is 19.1. The Hall–Kier alpha value is -2.73. The van der Waals surface area contributed by atoms with Crippen LogP contribution in [0.25, 0.3) is 5.69 Å². The second kappa shape index (κ2) is 6.78. The molecule has 1 aromatic heterocycles. The molecule has 0 bridgehead atoms. The normalized spacial score (nSPS) is 15.6. The molecule has 0 unspecified atom stereocenters. The van der Waals surface area contributed by atoms with Gasteiger partial charge in [-0.1, -0.05) is 30.3 Å². The molecule has 0 fully saturated rings. The standard InChI is InChI=1S/C21H21N3O2S/c1-13-8-6-10-19(15(13)3)24-20(17-11-27(26)12-18(17)23-24)22-21(25)16-9-5-4-7-14(16)2/h4-10H,11-12H2,1-3H3,(H,22,25)/t27-/m0/s1. The quantitative estimate of drug-likeness (QED) is 0.753. The van der Waals surface area contributed by atoms with Gasteiger partial charge in [0.05, 0.1) is 22.9 Å². The maximum Gasteiger partial charge on any atom is 0.257 e. The Kier molecular flexibility index (Phi) is 4.44. The highest BCUT2D eigenvalue weighted by Gasteiger charge is 2.29. The Morgan fingerprint density at radius 2 is 1.78 bits per heavy atom. The van der Waals surface area contributed by atoms with Crippen molar-refractivity contribution in [2.45, 2.75) is 32.3 Å². The number of benzene rings is 2. The van der Waals surface area contributed by atoms with Crippen LogP contribution >= 0.6 is 0 Å². The Labute approximate surface area is 160 Å². The fourth-order valence-corrected chi connectivity index (χ4v) is 4.66. The van der Waals surface area contributed by atoms with Gasteiger partial charge in [-0.2, -0.15) is 5.10 Å². The number of anilines is 1. The highest BCUT2D eigenvalue weighted by Crippen LogP contribution is 2.33. The molecule has 27 heavy (non-hydrogen) atoms. The molecule has 138 valence electrons. The first-order valence-corrected chi connectivity index (χ1v) is 10.3. The molecule has 1 N–H and O–H groups in total. The van der Waals surface area contributed by atoms with Gasteiger partial charge in [0.1, 0.15) is 5.82 Å². The molecule has 2 heterocycles. The van der Waals surface area contributed by atoms with Crippen molar-refractivity contribution in [1.29, 1.82) is 0 Å². The van der Waals surface area contributed by atoms with Crippen molar-refractivity contribution in [2.75, 3.05) is 5.32 Å². The lowest BCUT2D eigenvalue weighted by molar-refractivity contribution is 0.102. The molecular weight excluding hydrogens is 358 g/mol. The lowest BCUT2D eigenvalue weighted by atomic mass is 10.1. The van der Waals surface area contributed by atoms with E-state index >= 15 is 0 Å². The van der Waals surface area contributed by atoms with E-state index in [-0.39, 0.29) is 5.91 Å². The summed E-state index contributed by atoms with van der Waals surface area (Å²) in [6, 6.07) is 13.5. The van der Waals surface area contributed by atoms with Crippen molar-refractivity contribution in [3.63, 3.8) is 0 Å². The summed E-state index contributed by atoms with van der Waals surface area (Å²) < 4.78 is 13.8. The number of hydrogen-bond acceptors (Lipinski definition) is 3. The average Bonchev–Trinajstić information content (AvgIpc) is 3.15. The number of carbonyl (C=O) groups is 1. The minimum Gasteiger partial charge on any atom is -0.306 e. The minimum atomic E-state index is -0.964. The van der Waals surface area contributed by atoms with Gasteiger partial charge in [-0.3, -0.25) is 9.00 Å². The van der Waals surface area contributed by atoms with Gasteiger partial charge >= 0.3 is 0 Å². The van der Waals surface area contributed by atoms with Crippen molar-refractivity contribution < 1.29 is 9.00 Å².